The number of nitrogens with one attached hydrogen (secondary N) is 1. The van der Waals surface area contributed by atoms with Gasteiger partial charge < -0.3 is 4.74 Å². The number of anilines is 1. The van der Waals surface area contributed by atoms with Gasteiger partial charge in [-0.2, -0.15) is 5.26 Å². The Hall–Kier alpha value is -2.02. The molecule has 0 spiro atoms. The summed E-state index contributed by atoms with van der Waals surface area (Å²) in [6, 6.07) is 9.75. The molecule has 0 saturated heterocycles. The summed E-state index contributed by atoms with van der Waals surface area (Å²) in [6.07, 6.45) is 0.773. The van der Waals surface area contributed by atoms with Crippen LogP contribution in [0.5, 0.6) is 0 Å². The second kappa shape index (κ2) is 7.42. The SMILES string of the molecule is CCC(CC#N)c1cccc(NC(=O)OC(C)C)c1. The van der Waals surface area contributed by atoms with E-state index >= 15 is 0 Å². The first-order valence-electron chi connectivity index (χ1n) is 6.51. The number of amides is 1. The van der Waals surface area contributed by atoms with Gasteiger partial charge in [0.15, 0.2) is 0 Å². The quantitative estimate of drug-likeness (QED) is 0.868. The lowest BCUT2D eigenvalue weighted by atomic mass is 9.93. The van der Waals surface area contributed by atoms with Crippen LogP contribution in [-0.2, 0) is 4.74 Å². The molecule has 1 aromatic carbocycles. The van der Waals surface area contributed by atoms with Crippen molar-refractivity contribution in [2.75, 3.05) is 5.32 Å². The Kier molecular flexibility index (Phi) is 5.87. The van der Waals surface area contributed by atoms with Gasteiger partial charge in [-0.3, -0.25) is 5.32 Å². The smallest absolute Gasteiger partial charge is 0.411 e. The van der Waals surface area contributed by atoms with E-state index in [1.165, 1.54) is 0 Å². The van der Waals surface area contributed by atoms with E-state index in [1.54, 1.807) is 13.8 Å². The van der Waals surface area contributed by atoms with Crippen molar-refractivity contribution in [1.82, 2.24) is 0 Å². The Morgan fingerprint density at radius 3 is 2.79 bits per heavy atom. The number of ether oxygens (including phenoxy) is 1. The average molecular weight is 260 g/mol. The molecule has 1 unspecified atom stereocenters. The van der Waals surface area contributed by atoms with Gasteiger partial charge in [0.1, 0.15) is 0 Å². The standard InChI is InChI=1S/C15H20N2O2/c1-4-12(8-9-16)13-6-5-7-14(10-13)17-15(18)19-11(2)3/h5-7,10-12H,4,8H2,1-3H3,(H,17,18). The van der Waals surface area contributed by atoms with Gasteiger partial charge in [-0.1, -0.05) is 19.1 Å². The number of carbonyl (C=O) groups is 1. The van der Waals surface area contributed by atoms with Gasteiger partial charge in [0.25, 0.3) is 0 Å². The zero-order valence-corrected chi connectivity index (χ0v) is 11.6. The molecule has 102 valence electrons. The van der Waals surface area contributed by atoms with Gasteiger partial charge >= 0.3 is 6.09 Å². The molecule has 1 N–H and O–H groups in total. The van der Waals surface area contributed by atoms with Crippen molar-refractivity contribution in [3.05, 3.63) is 29.8 Å². The zero-order valence-electron chi connectivity index (χ0n) is 11.6. The van der Waals surface area contributed by atoms with Gasteiger partial charge in [0.2, 0.25) is 0 Å². The van der Waals surface area contributed by atoms with E-state index in [2.05, 4.69) is 18.3 Å². The molecule has 0 heterocycles. The first-order valence-corrected chi connectivity index (χ1v) is 6.51. The van der Waals surface area contributed by atoms with E-state index < -0.39 is 6.09 Å². The Labute approximate surface area is 114 Å². The predicted octanol–water partition coefficient (Wildman–Crippen LogP) is 4.05. The Morgan fingerprint density at radius 2 is 2.21 bits per heavy atom. The maximum atomic E-state index is 11.5. The van der Waals surface area contributed by atoms with Crippen LogP contribution in [0.1, 0.15) is 45.1 Å². The molecule has 0 saturated carbocycles. The van der Waals surface area contributed by atoms with Gasteiger partial charge in [-0.05, 0) is 43.9 Å². The molecule has 0 aliphatic carbocycles. The summed E-state index contributed by atoms with van der Waals surface area (Å²) in [5.41, 5.74) is 1.76. The zero-order chi connectivity index (χ0) is 14.3. The van der Waals surface area contributed by atoms with Crippen molar-refractivity contribution in [3.63, 3.8) is 0 Å². The third-order valence-corrected chi connectivity index (χ3v) is 2.78. The number of benzene rings is 1. The highest BCUT2D eigenvalue weighted by molar-refractivity contribution is 5.84. The van der Waals surface area contributed by atoms with E-state index in [0.717, 1.165) is 12.0 Å². The van der Waals surface area contributed by atoms with Crippen molar-refractivity contribution < 1.29 is 9.53 Å². The topological polar surface area (TPSA) is 62.1 Å². The summed E-state index contributed by atoms with van der Waals surface area (Å²) in [7, 11) is 0. The van der Waals surface area contributed by atoms with Crippen molar-refractivity contribution in [3.8, 4) is 6.07 Å². The van der Waals surface area contributed by atoms with Crippen molar-refractivity contribution in [2.45, 2.75) is 45.6 Å². The van der Waals surface area contributed by atoms with Crippen LogP contribution in [-0.4, -0.2) is 12.2 Å². The number of nitrogens with zero attached hydrogens (tertiary/aromatic N) is 1. The van der Waals surface area contributed by atoms with Crippen LogP contribution < -0.4 is 5.32 Å². The first-order chi connectivity index (χ1) is 9.06. The van der Waals surface area contributed by atoms with E-state index in [4.69, 9.17) is 10.00 Å². The third-order valence-electron chi connectivity index (χ3n) is 2.78. The van der Waals surface area contributed by atoms with Crippen LogP contribution in [0.4, 0.5) is 10.5 Å². The minimum atomic E-state index is -0.458. The molecule has 1 atom stereocenters. The first kappa shape index (κ1) is 15.0. The maximum Gasteiger partial charge on any atom is 0.411 e. The summed E-state index contributed by atoms with van der Waals surface area (Å²) in [6.45, 7) is 5.65. The lowest BCUT2D eigenvalue weighted by Crippen LogP contribution is -2.18. The summed E-state index contributed by atoms with van der Waals surface area (Å²) in [5, 5.41) is 11.5. The summed E-state index contributed by atoms with van der Waals surface area (Å²) in [5.74, 6) is 0.202. The van der Waals surface area contributed by atoms with Crippen molar-refractivity contribution in [1.29, 1.82) is 5.26 Å². The van der Waals surface area contributed by atoms with Gasteiger partial charge in [0.05, 0.1) is 12.2 Å². The number of hydrogen-bond acceptors (Lipinski definition) is 3. The molecule has 0 bridgehead atoms. The fraction of sp³-hybridized carbons (Fsp3) is 0.467. The molecule has 0 aromatic heterocycles. The van der Waals surface area contributed by atoms with Crippen molar-refractivity contribution >= 4 is 11.8 Å². The van der Waals surface area contributed by atoms with Crippen LogP contribution in [0.3, 0.4) is 0 Å². The second-order valence-corrected chi connectivity index (χ2v) is 4.67. The molecular formula is C15H20N2O2. The molecule has 1 amide bonds. The van der Waals surface area contributed by atoms with E-state index in [0.29, 0.717) is 12.1 Å². The molecule has 0 radical (unpaired) electrons. The molecule has 0 aliphatic rings. The number of rotatable bonds is 5. The monoisotopic (exact) mass is 260 g/mol. The number of hydrogen-bond donors (Lipinski definition) is 1. The lowest BCUT2D eigenvalue weighted by Gasteiger charge is -2.14. The summed E-state index contributed by atoms with van der Waals surface area (Å²) < 4.78 is 5.03. The van der Waals surface area contributed by atoms with Crippen LogP contribution in [0.25, 0.3) is 0 Å². The number of nitriles is 1. The number of carbonyl (C=O) groups excluding carboxylic acids is 1. The Morgan fingerprint density at radius 1 is 1.47 bits per heavy atom. The van der Waals surface area contributed by atoms with E-state index in [9.17, 15) is 4.79 Å². The lowest BCUT2D eigenvalue weighted by molar-refractivity contribution is 0.130. The molecule has 4 nitrogen and oxygen atoms in total. The molecule has 19 heavy (non-hydrogen) atoms. The second-order valence-electron chi connectivity index (χ2n) is 4.67. The predicted molar refractivity (Wildman–Crippen MR) is 74.9 cm³/mol. The largest absolute Gasteiger partial charge is 0.447 e. The normalized spacial score (nSPS) is 11.7. The molecule has 0 aliphatic heterocycles. The van der Waals surface area contributed by atoms with Crippen LogP contribution in [0, 0.1) is 11.3 Å². The van der Waals surface area contributed by atoms with Gasteiger partial charge in [0, 0.05) is 12.1 Å². The highest BCUT2D eigenvalue weighted by atomic mass is 16.6. The van der Waals surface area contributed by atoms with Crippen LogP contribution in [0.2, 0.25) is 0 Å². The average Bonchev–Trinajstić information content (AvgIpc) is 2.35. The molecule has 0 fully saturated rings. The minimum Gasteiger partial charge on any atom is -0.447 e. The summed E-state index contributed by atoms with van der Waals surface area (Å²) >= 11 is 0. The molecule has 1 aromatic rings. The molecule has 4 heteroatoms. The fourth-order valence-electron chi connectivity index (χ4n) is 1.84. The Bertz CT molecular complexity index is 463. The molecule has 1 rings (SSSR count). The van der Waals surface area contributed by atoms with E-state index in [-0.39, 0.29) is 12.0 Å². The van der Waals surface area contributed by atoms with Crippen LogP contribution in [0.15, 0.2) is 24.3 Å². The van der Waals surface area contributed by atoms with Crippen LogP contribution >= 0.6 is 0 Å². The van der Waals surface area contributed by atoms with E-state index in [1.807, 2.05) is 24.3 Å². The molecular weight excluding hydrogens is 240 g/mol. The maximum absolute atomic E-state index is 11.5. The minimum absolute atomic E-state index is 0.148. The Balaban J connectivity index is 2.77. The third kappa shape index (κ3) is 5.01. The van der Waals surface area contributed by atoms with Crippen molar-refractivity contribution in [2.24, 2.45) is 0 Å². The summed E-state index contributed by atoms with van der Waals surface area (Å²) in [4.78, 5) is 11.5. The van der Waals surface area contributed by atoms with Gasteiger partial charge in [-0.15, -0.1) is 0 Å². The highest BCUT2D eigenvalue weighted by Crippen LogP contribution is 2.25. The van der Waals surface area contributed by atoms with Gasteiger partial charge in [-0.25, -0.2) is 4.79 Å². The fourth-order valence-corrected chi connectivity index (χ4v) is 1.84. The highest BCUT2D eigenvalue weighted by Gasteiger charge is 2.11.